The topological polar surface area (TPSA) is 75.7 Å². The van der Waals surface area contributed by atoms with Crippen LogP contribution >= 0.6 is 0 Å². The highest BCUT2D eigenvalue weighted by atomic mass is 32.2. The summed E-state index contributed by atoms with van der Waals surface area (Å²) in [6, 6.07) is 17.5. The largest absolute Gasteiger partial charge is 0.496 e. The standard InChI is InChI=1S/C24H25FN2O4S/c1-4-17-5-10-21(11-6-17)26-24(28)18-7-14-23(31-2)19(15-18)16-27(32(3,29)30)22-12-8-20(25)9-13-22/h5-15H,4,16H2,1-3H3,(H,26,28). The Morgan fingerprint density at radius 3 is 2.25 bits per heavy atom. The van der Waals surface area contributed by atoms with E-state index in [-0.39, 0.29) is 12.5 Å². The SMILES string of the molecule is CCc1ccc(NC(=O)c2ccc(OC)c(CN(c3ccc(F)cc3)S(C)(=O)=O)c2)cc1. The highest BCUT2D eigenvalue weighted by Gasteiger charge is 2.21. The second-order valence-electron chi connectivity index (χ2n) is 7.28. The molecule has 0 atom stereocenters. The van der Waals surface area contributed by atoms with E-state index >= 15 is 0 Å². The summed E-state index contributed by atoms with van der Waals surface area (Å²) in [5.74, 6) is -0.360. The third kappa shape index (κ3) is 5.64. The lowest BCUT2D eigenvalue weighted by Gasteiger charge is -2.24. The number of anilines is 2. The Bertz CT molecular complexity index is 1190. The van der Waals surface area contributed by atoms with Crippen LogP contribution in [0.15, 0.2) is 66.7 Å². The number of carbonyl (C=O) groups excluding carboxylic acids is 1. The molecule has 6 nitrogen and oxygen atoms in total. The average Bonchev–Trinajstić information content (AvgIpc) is 2.77. The number of halogens is 1. The number of carbonyl (C=O) groups is 1. The lowest BCUT2D eigenvalue weighted by Crippen LogP contribution is -2.29. The maximum atomic E-state index is 13.3. The molecule has 0 aliphatic heterocycles. The summed E-state index contributed by atoms with van der Waals surface area (Å²) in [4.78, 5) is 12.8. The predicted octanol–water partition coefficient (Wildman–Crippen LogP) is 4.62. The molecule has 8 heteroatoms. The van der Waals surface area contributed by atoms with Crippen LogP contribution in [0.25, 0.3) is 0 Å². The second-order valence-corrected chi connectivity index (χ2v) is 9.18. The molecule has 3 rings (SSSR count). The van der Waals surface area contributed by atoms with Crippen LogP contribution in [0.2, 0.25) is 0 Å². The molecule has 0 aliphatic rings. The molecule has 0 radical (unpaired) electrons. The molecule has 0 bridgehead atoms. The molecule has 0 heterocycles. The summed E-state index contributed by atoms with van der Waals surface area (Å²) in [7, 11) is -2.22. The molecule has 1 N–H and O–H groups in total. The normalized spacial score (nSPS) is 11.1. The monoisotopic (exact) mass is 456 g/mol. The number of benzene rings is 3. The minimum atomic E-state index is -3.69. The number of nitrogens with one attached hydrogen (secondary N) is 1. The van der Waals surface area contributed by atoms with Gasteiger partial charge in [0.2, 0.25) is 10.0 Å². The van der Waals surface area contributed by atoms with Crippen LogP contribution in [0.4, 0.5) is 15.8 Å². The Kier molecular flexibility index (Phi) is 7.15. The van der Waals surface area contributed by atoms with E-state index < -0.39 is 15.8 Å². The van der Waals surface area contributed by atoms with Crippen LogP contribution in [0.5, 0.6) is 5.75 Å². The van der Waals surface area contributed by atoms with E-state index in [0.29, 0.717) is 28.3 Å². The Hall–Kier alpha value is -3.39. The van der Waals surface area contributed by atoms with E-state index in [4.69, 9.17) is 4.74 Å². The van der Waals surface area contributed by atoms with E-state index in [9.17, 15) is 17.6 Å². The van der Waals surface area contributed by atoms with Gasteiger partial charge >= 0.3 is 0 Å². The van der Waals surface area contributed by atoms with Gasteiger partial charge in [0.1, 0.15) is 11.6 Å². The van der Waals surface area contributed by atoms with Gasteiger partial charge in [-0.25, -0.2) is 12.8 Å². The highest BCUT2D eigenvalue weighted by molar-refractivity contribution is 7.92. The number of rotatable bonds is 8. The van der Waals surface area contributed by atoms with Crippen molar-refractivity contribution in [3.8, 4) is 5.75 Å². The molecule has 0 spiro atoms. The fraction of sp³-hybridized carbons (Fsp3) is 0.208. The van der Waals surface area contributed by atoms with Gasteiger partial charge in [-0.1, -0.05) is 19.1 Å². The number of sulfonamides is 1. The average molecular weight is 457 g/mol. The minimum absolute atomic E-state index is 0.0834. The van der Waals surface area contributed by atoms with Crippen molar-refractivity contribution in [3.63, 3.8) is 0 Å². The van der Waals surface area contributed by atoms with Gasteiger partial charge in [-0.15, -0.1) is 0 Å². The van der Waals surface area contributed by atoms with E-state index in [1.54, 1.807) is 18.2 Å². The van der Waals surface area contributed by atoms with Crippen LogP contribution in [0, 0.1) is 5.82 Å². The smallest absolute Gasteiger partial charge is 0.255 e. The summed E-state index contributed by atoms with van der Waals surface area (Å²) in [6.07, 6.45) is 1.97. The lowest BCUT2D eigenvalue weighted by molar-refractivity contribution is 0.102. The van der Waals surface area contributed by atoms with Crippen molar-refractivity contribution in [3.05, 3.63) is 89.2 Å². The van der Waals surface area contributed by atoms with Crippen molar-refractivity contribution in [1.29, 1.82) is 0 Å². The fourth-order valence-corrected chi connectivity index (χ4v) is 4.11. The van der Waals surface area contributed by atoms with Gasteiger partial charge in [-0.3, -0.25) is 9.10 Å². The number of nitrogens with zero attached hydrogens (tertiary/aromatic N) is 1. The van der Waals surface area contributed by atoms with Gasteiger partial charge in [0.15, 0.2) is 0 Å². The third-order valence-corrected chi connectivity index (χ3v) is 6.13. The van der Waals surface area contributed by atoms with E-state index in [1.165, 1.54) is 31.4 Å². The molecule has 0 saturated heterocycles. The van der Waals surface area contributed by atoms with Crippen LogP contribution in [-0.4, -0.2) is 27.7 Å². The molecular formula is C24H25FN2O4S. The Balaban J connectivity index is 1.90. The first-order chi connectivity index (χ1) is 15.2. The van der Waals surface area contributed by atoms with Crippen LogP contribution in [0.1, 0.15) is 28.4 Å². The van der Waals surface area contributed by atoms with Gasteiger partial charge in [0.25, 0.3) is 5.91 Å². The van der Waals surface area contributed by atoms with Crippen molar-refractivity contribution >= 4 is 27.3 Å². The molecule has 0 aliphatic carbocycles. The number of amides is 1. The van der Waals surface area contributed by atoms with Gasteiger partial charge in [-0.05, 0) is 66.6 Å². The first-order valence-corrected chi connectivity index (χ1v) is 11.9. The van der Waals surface area contributed by atoms with Crippen molar-refractivity contribution < 1.29 is 22.3 Å². The van der Waals surface area contributed by atoms with Crippen molar-refractivity contribution in [2.24, 2.45) is 0 Å². The van der Waals surface area contributed by atoms with Crippen molar-refractivity contribution in [2.45, 2.75) is 19.9 Å². The summed E-state index contributed by atoms with van der Waals surface area (Å²) >= 11 is 0. The first kappa shape index (κ1) is 23.3. The highest BCUT2D eigenvalue weighted by Crippen LogP contribution is 2.27. The van der Waals surface area contributed by atoms with E-state index in [0.717, 1.165) is 22.5 Å². The number of ether oxygens (including phenoxy) is 1. The van der Waals surface area contributed by atoms with Crippen LogP contribution in [0.3, 0.4) is 0 Å². The Morgan fingerprint density at radius 2 is 1.69 bits per heavy atom. The number of aryl methyl sites for hydroxylation is 1. The molecule has 3 aromatic rings. The van der Waals surface area contributed by atoms with Crippen LogP contribution < -0.4 is 14.4 Å². The molecule has 168 valence electrons. The number of hydrogen-bond donors (Lipinski definition) is 1. The third-order valence-electron chi connectivity index (χ3n) is 4.99. The van der Waals surface area contributed by atoms with Crippen LogP contribution in [-0.2, 0) is 23.0 Å². The maximum absolute atomic E-state index is 13.3. The summed E-state index contributed by atoms with van der Waals surface area (Å²) in [5, 5.41) is 2.84. The summed E-state index contributed by atoms with van der Waals surface area (Å²) in [6.45, 7) is 1.97. The van der Waals surface area contributed by atoms with Gasteiger partial charge in [0, 0.05) is 16.8 Å². The molecule has 1 amide bonds. The lowest BCUT2D eigenvalue weighted by atomic mass is 10.1. The molecule has 0 fully saturated rings. The molecule has 32 heavy (non-hydrogen) atoms. The summed E-state index contributed by atoms with van der Waals surface area (Å²) < 4.78 is 44.7. The zero-order valence-corrected chi connectivity index (χ0v) is 18.9. The van der Waals surface area contributed by atoms with Gasteiger partial charge in [-0.2, -0.15) is 0 Å². The summed E-state index contributed by atoms with van der Waals surface area (Å²) in [5.41, 5.74) is 2.98. The van der Waals surface area contributed by atoms with E-state index in [2.05, 4.69) is 12.2 Å². The van der Waals surface area contributed by atoms with Gasteiger partial charge in [0.05, 0.1) is 25.6 Å². The van der Waals surface area contributed by atoms with Gasteiger partial charge < -0.3 is 10.1 Å². The predicted molar refractivity (Wildman–Crippen MR) is 124 cm³/mol. The van der Waals surface area contributed by atoms with E-state index in [1.807, 2.05) is 24.3 Å². The first-order valence-electron chi connectivity index (χ1n) is 10.0. The quantitative estimate of drug-likeness (QED) is 0.537. The Morgan fingerprint density at radius 1 is 1.03 bits per heavy atom. The number of methoxy groups -OCH3 is 1. The van der Waals surface area contributed by atoms with Crippen molar-refractivity contribution in [1.82, 2.24) is 0 Å². The molecule has 3 aromatic carbocycles. The Labute approximate surface area is 187 Å². The molecular weight excluding hydrogens is 431 g/mol. The number of hydrogen-bond acceptors (Lipinski definition) is 4. The molecule has 0 unspecified atom stereocenters. The van der Waals surface area contributed by atoms with Crippen molar-refractivity contribution in [2.75, 3.05) is 23.0 Å². The second kappa shape index (κ2) is 9.82. The maximum Gasteiger partial charge on any atom is 0.255 e. The zero-order valence-electron chi connectivity index (χ0n) is 18.1. The fourth-order valence-electron chi connectivity index (χ4n) is 3.23. The molecule has 0 aromatic heterocycles. The molecule has 0 saturated carbocycles. The zero-order chi connectivity index (χ0) is 23.3. The minimum Gasteiger partial charge on any atom is -0.496 e.